The van der Waals surface area contributed by atoms with Gasteiger partial charge in [-0.05, 0) is 18.2 Å². The van der Waals surface area contributed by atoms with Crippen LogP contribution in [0, 0.1) is 0 Å². The zero-order chi connectivity index (χ0) is 10.3. The van der Waals surface area contributed by atoms with E-state index in [1.54, 1.807) is 12.1 Å². The second kappa shape index (κ2) is 3.23. The van der Waals surface area contributed by atoms with Crippen LogP contribution in [0.25, 0.3) is 10.8 Å². The molecule has 0 amide bonds. The number of rotatable bonds is 0. The van der Waals surface area contributed by atoms with Crippen molar-refractivity contribution in [3.8, 4) is 11.5 Å². The molecule has 0 aliphatic heterocycles. The molecule has 72 valence electrons. The molecule has 14 heavy (non-hydrogen) atoms. The predicted molar refractivity (Wildman–Crippen MR) is 57.3 cm³/mol. The molecule has 2 nitrogen and oxygen atoms in total. The molecular weight excluding hydrogens is 223 g/mol. The number of phenolic OH excluding ortho intramolecular Hbond substituents is 2. The van der Waals surface area contributed by atoms with E-state index in [0.29, 0.717) is 10.8 Å². The minimum atomic E-state index is -0.0222. The molecule has 0 saturated heterocycles. The number of fused-ring (bicyclic) bond motifs is 1. The first-order valence-corrected chi connectivity index (χ1v) is 4.65. The lowest BCUT2D eigenvalue weighted by Gasteiger charge is -2.05. The summed E-state index contributed by atoms with van der Waals surface area (Å²) in [5.74, 6) is -0.0352. The Hall–Kier alpha value is -1.12. The van der Waals surface area contributed by atoms with E-state index >= 15 is 0 Å². The normalized spacial score (nSPS) is 10.7. The van der Waals surface area contributed by atoms with Crippen LogP contribution in [0.2, 0.25) is 10.0 Å². The zero-order valence-electron chi connectivity index (χ0n) is 6.96. The molecule has 4 heteroatoms. The van der Waals surface area contributed by atoms with Crippen molar-refractivity contribution < 1.29 is 10.2 Å². The molecule has 0 fully saturated rings. The van der Waals surface area contributed by atoms with E-state index in [9.17, 15) is 10.2 Å². The van der Waals surface area contributed by atoms with Gasteiger partial charge in [-0.3, -0.25) is 0 Å². The average molecular weight is 229 g/mol. The zero-order valence-corrected chi connectivity index (χ0v) is 8.47. The third kappa shape index (κ3) is 1.27. The van der Waals surface area contributed by atoms with Gasteiger partial charge in [-0.1, -0.05) is 29.3 Å². The summed E-state index contributed by atoms with van der Waals surface area (Å²) in [4.78, 5) is 0. The topological polar surface area (TPSA) is 40.5 Å². The molecule has 0 spiro atoms. The van der Waals surface area contributed by atoms with E-state index in [-0.39, 0.29) is 21.5 Å². The Morgan fingerprint density at radius 2 is 1.50 bits per heavy atom. The van der Waals surface area contributed by atoms with Gasteiger partial charge in [0.15, 0.2) is 0 Å². The van der Waals surface area contributed by atoms with Gasteiger partial charge in [0.25, 0.3) is 0 Å². The number of benzene rings is 2. The van der Waals surface area contributed by atoms with Gasteiger partial charge in [0.05, 0.1) is 10.0 Å². The highest BCUT2D eigenvalue weighted by molar-refractivity contribution is 6.38. The van der Waals surface area contributed by atoms with Crippen LogP contribution >= 0.6 is 23.2 Å². The largest absolute Gasteiger partial charge is 0.506 e. The fourth-order valence-corrected chi connectivity index (χ4v) is 1.71. The molecule has 0 aromatic heterocycles. The van der Waals surface area contributed by atoms with Gasteiger partial charge < -0.3 is 10.2 Å². The molecule has 0 radical (unpaired) electrons. The minimum Gasteiger partial charge on any atom is -0.506 e. The van der Waals surface area contributed by atoms with Crippen LogP contribution in [0.1, 0.15) is 0 Å². The average Bonchev–Trinajstić information content (AvgIpc) is 2.17. The van der Waals surface area contributed by atoms with Crippen LogP contribution in [-0.4, -0.2) is 10.2 Å². The van der Waals surface area contributed by atoms with E-state index in [0.717, 1.165) is 0 Å². The van der Waals surface area contributed by atoms with Crippen molar-refractivity contribution in [1.82, 2.24) is 0 Å². The second-order valence-corrected chi connectivity index (χ2v) is 3.67. The first-order valence-electron chi connectivity index (χ1n) is 3.90. The molecule has 2 aromatic rings. The van der Waals surface area contributed by atoms with Gasteiger partial charge in [0.2, 0.25) is 0 Å². The summed E-state index contributed by atoms with van der Waals surface area (Å²) >= 11 is 11.6. The number of halogens is 2. The molecule has 0 bridgehead atoms. The van der Waals surface area contributed by atoms with Gasteiger partial charge in [-0.25, -0.2) is 0 Å². The first kappa shape index (κ1) is 9.44. The maximum atomic E-state index is 9.60. The third-order valence-corrected chi connectivity index (χ3v) is 2.74. The molecule has 0 saturated carbocycles. The Kier molecular flexibility index (Phi) is 2.17. The number of aromatic hydroxyl groups is 2. The van der Waals surface area contributed by atoms with E-state index in [2.05, 4.69) is 0 Å². The number of phenols is 2. The summed E-state index contributed by atoms with van der Waals surface area (Å²) < 4.78 is 0. The maximum Gasteiger partial charge on any atom is 0.142 e. The Bertz CT molecular complexity index is 462. The summed E-state index contributed by atoms with van der Waals surface area (Å²) in [6, 6.07) is 6.17. The van der Waals surface area contributed by atoms with E-state index < -0.39 is 0 Å². The fourth-order valence-electron chi connectivity index (χ4n) is 1.31. The molecule has 0 unspecified atom stereocenters. The fraction of sp³-hybridized carbons (Fsp3) is 0. The van der Waals surface area contributed by atoms with Gasteiger partial charge in [0.1, 0.15) is 11.5 Å². The summed E-state index contributed by atoms with van der Waals surface area (Å²) in [6.45, 7) is 0. The Balaban J connectivity index is 2.94. The summed E-state index contributed by atoms with van der Waals surface area (Å²) in [7, 11) is 0. The summed E-state index contributed by atoms with van der Waals surface area (Å²) in [5.41, 5.74) is 0. The van der Waals surface area contributed by atoms with Crippen molar-refractivity contribution in [2.45, 2.75) is 0 Å². The third-order valence-electron chi connectivity index (χ3n) is 2.04. The predicted octanol–water partition coefficient (Wildman–Crippen LogP) is 3.56. The van der Waals surface area contributed by atoms with Crippen molar-refractivity contribution in [3.05, 3.63) is 34.3 Å². The minimum absolute atomic E-state index is 0.0131. The van der Waals surface area contributed by atoms with Crippen LogP contribution in [0.15, 0.2) is 24.3 Å². The standard InChI is InChI=1S/C10H6Cl2O2/c11-7-3-1-5-6(10(7)14)2-4-8(13)9(5)12/h1-4,13-14H. The lowest BCUT2D eigenvalue weighted by Crippen LogP contribution is -1.77. The second-order valence-electron chi connectivity index (χ2n) is 2.89. The monoisotopic (exact) mass is 228 g/mol. The van der Waals surface area contributed by atoms with Crippen molar-refractivity contribution in [2.75, 3.05) is 0 Å². The van der Waals surface area contributed by atoms with Gasteiger partial charge in [0, 0.05) is 10.8 Å². The molecule has 0 atom stereocenters. The van der Waals surface area contributed by atoms with Crippen LogP contribution in [0.3, 0.4) is 0 Å². The molecule has 0 aliphatic carbocycles. The smallest absolute Gasteiger partial charge is 0.142 e. The molecular formula is C10H6Cl2O2. The van der Waals surface area contributed by atoms with Crippen LogP contribution < -0.4 is 0 Å². The lowest BCUT2D eigenvalue weighted by atomic mass is 10.1. The first-order chi connectivity index (χ1) is 6.61. The highest BCUT2D eigenvalue weighted by Gasteiger charge is 2.09. The summed E-state index contributed by atoms with van der Waals surface area (Å²) in [5, 5.41) is 20.5. The van der Waals surface area contributed by atoms with E-state index in [1.165, 1.54) is 12.1 Å². The van der Waals surface area contributed by atoms with Crippen molar-refractivity contribution in [1.29, 1.82) is 0 Å². The quantitative estimate of drug-likeness (QED) is 0.724. The van der Waals surface area contributed by atoms with Crippen molar-refractivity contribution >= 4 is 34.0 Å². The summed E-state index contributed by atoms with van der Waals surface area (Å²) in [6.07, 6.45) is 0. The number of hydrogen-bond acceptors (Lipinski definition) is 2. The highest BCUT2D eigenvalue weighted by Crippen LogP contribution is 2.38. The molecule has 2 aromatic carbocycles. The number of hydrogen-bond donors (Lipinski definition) is 2. The van der Waals surface area contributed by atoms with Gasteiger partial charge in [-0.15, -0.1) is 0 Å². The van der Waals surface area contributed by atoms with E-state index in [1.807, 2.05) is 0 Å². The molecule has 2 N–H and O–H groups in total. The maximum absolute atomic E-state index is 9.60. The SMILES string of the molecule is Oc1ccc2c(O)c(Cl)ccc2c1Cl. The van der Waals surface area contributed by atoms with Crippen molar-refractivity contribution in [3.63, 3.8) is 0 Å². The van der Waals surface area contributed by atoms with Gasteiger partial charge in [-0.2, -0.15) is 0 Å². The van der Waals surface area contributed by atoms with Crippen LogP contribution in [0.4, 0.5) is 0 Å². The van der Waals surface area contributed by atoms with Gasteiger partial charge >= 0.3 is 0 Å². The van der Waals surface area contributed by atoms with Crippen molar-refractivity contribution in [2.24, 2.45) is 0 Å². The lowest BCUT2D eigenvalue weighted by molar-refractivity contribution is 0.475. The Morgan fingerprint density at radius 3 is 2.21 bits per heavy atom. The Labute approximate surface area is 90.3 Å². The Morgan fingerprint density at radius 1 is 0.857 bits per heavy atom. The van der Waals surface area contributed by atoms with Crippen LogP contribution in [0.5, 0.6) is 11.5 Å². The highest BCUT2D eigenvalue weighted by atomic mass is 35.5. The molecule has 0 aliphatic rings. The molecule has 2 rings (SSSR count). The van der Waals surface area contributed by atoms with E-state index in [4.69, 9.17) is 23.2 Å². The molecule has 0 heterocycles. The van der Waals surface area contributed by atoms with Crippen LogP contribution in [-0.2, 0) is 0 Å².